The molecule has 0 amide bonds. The number of aliphatic imine (C=N–C) groups is 1. The zero-order valence-electron chi connectivity index (χ0n) is 13.9. The highest BCUT2D eigenvalue weighted by Crippen LogP contribution is 2.47. The second-order valence-corrected chi connectivity index (χ2v) is 8.05. The van der Waals surface area contributed by atoms with Crippen molar-refractivity contribution in [2.75, 3.05) is 26.4 Å². The van der Waals surface area contributed by atoms with Crippen molar-refractivity contribution in [3.05, 3.63) is 35.6 Å². The molecule has 5 heteroatoms. The van der Waals surface area contributed by atoms with Crippen LogP contribution in [0.15, 0.2) is 29.3 Å². The molecule has 0 atom stereocenters. The van der Waals surface area contributed by atoms with Gasteiger partial charge in [-0.1, -0.05) is 12.1 Å². The number of thioether (sulfide) groups is 1. The molecule has 0 heterocycles. The highest BCUT2D eigenvalue weighted by molar-refractivity contribution is 7.99. The van der Waals surface area contributed by atoms with Crippen molar-refractivity contribution in [2.24, 2.45) is 4.99 Å². The molecular weight excluding hydrogens is 297 g/mol. The van der Waals surface area contributed by atoms with E-state index in [4.69, 9.17) is 0 Å². The summed E-state index contributed by atoms with van der Waals surface area (Å²) in [6, 6.07) is 6.96. The van der Waals surface area contributed by atoms with Crippen LogP contribution in [0, 0.1) is 5.82 Å². The van der Waals surface area contributed by atoms with E-state index >= 15 is 0 Å². The largest absolute Gasteiger partial charge is 0.356 e. The van der Waals surface area contributed by atoms with Gasteiger partial charge < -0.3 is 10.6 Å². The number of benzene rings is 1. The summed E-state index contributed by atoms with van der Waals surface area (Å²) in [7, 11) is 1.78. The normalized spacial score (nSPS) is 17.2. The minimum atomic E-state index is -0.159. The van der Waals surface area contributed by atoms with E-state index in [1.54, 1.807) is 19.2 Å². The standard InChI is InChI=1S/C17H26FN3S/c1-16(2,22-4)11-20-15(19-3)21-12-17(8-9-17)13-6-5-7-14(18)10-13/h5-7,10H,8-9,11-12H2,1-4H3,(H2,19,20,21). The lowest BCUT2D eigenvalue weighted by Gasteiger charge is -2.25. The van der Waals surface area contributed by atoms with Gasteiger partial charge in [0.15, 0.2) is 5.96 Å². The van der Waals surface area contributed by atoms with Gasteiger partial charge in [0.1, 0.15) is 5.82 Å². The Morgan fingerprint density at radius 1 is 1.36 bits per heavy atom. The second-order valence-electron chi connectivity index (χ2n) is 6.53. The van der Waals surface area contributed by atoms with E-state index in [0.29, 0.717) is 0 Å². The third-order valence-electron chi connectivity index (χ3n) is 4.34. The first-order chi connectivity index (χ1) is 10.4. The summed E-state index contributed by atoms with van der Waals surface area (Å²) in [5.74, 6) is 0.651. The maximum absolute atomic E-state index is 13.4. The van der Waals surface area contributed by atoms with Gasteiger partial charge >= 0.3 is 0 Å². The summed E-state index contributed by atoms with van der Waals surface area (Å²) < 4.78 is 13.6. The Labute approximate surface area is 137 Å². The molecular formula is C17H26FN3S. The fraction of sp³-hybridized carbons (Fsp3) is 0.588. The van der Waals surface area contributed by atoms with Crippen molar-refractivity contribution in [3.63, 3.8) is 0 Å². The highest BCUT2D eigenvalue weighted by atomic mass is 32.2. The molecule has 0 saturated heterocycles. The molecule has 1 aromatic carbocycles. The van der Waals surface area contributed by atoms with Gasteiger partial charge in [-0.3, -0.25) is 4.99 Å². The molecule has 0 bridgehead atoms. The Hall–Kier alpha value is -1.23. The Morgan fingerprint density at radius 3 is 2.64 bits per heavy atom. The smallest absolute Gasteiger partial charge is 0.191 e. The van der Waals surface area contributed by atoms with Crippen LogP contribution in [0.25, 0.3) is 0 Å². The van der Waals surface area contributed by atoms with E-state index in [9.17, 15) is 4.39 Å². The molecule has 2 N–H and O–H groups in total. The maximum Gasteiger partial charge on any atom is 0.191 e. The van der Waals surface area contributed by atoms with Crippen LogP contribution in [0.1, 0.15) is 32.3 Å². The highest BCUT2D eigenvalue weighted by Gasteiger charge is 2.44. The number of hydrogen-bond donors (Lipinski definition) is 2. The van der Waals surface area contributed by atoms with Crippen molar-refractivity contribution in [2.45, 2.75) is 36.9 Å². The first-order valence-electron chi connectivity index (χ1n) is 7.66. The van der Waals surface area contributed by atoms with Crippen LogP contribution in [-0.2, 0) is 5.41 Å². The molecule has 2 rings (SSSR count). The lowest BCUT2D eigenvalue weighted by atomic mass is 9.96. The van der Waals surface area contributed by atoms with E-state index in [1.165, 1.54) is 6.07 Å². The number of halogens is 1. The molecule has 0 unspecified atom stereocenters. The Balaban J connectivity index is 1.91. The summed E-state index contributed by atoms with van der Waals surface area (Å²) in [4.78, 5) is 4.28. The molecule has 0 radical (unpaired) electrons. The minimum absolute atomic E-state index is 0.0642. The van der Waals surface area contributed by atoms with Crippen LogP contribution in [0.3, 0.4) is 0 Å². The van der Waals surface area contributed by atoms with Gasteiger partial charge in [0.05, 0.1) is 0 Å². The summed E-state index contributed by atoms with van der Waals surface area (Å²) in [5, 5.41) is 6.76. The molecule has 1 fully saturated rings. The van der Waals surface area contributed by atoms with Gasteiger partial charge in [-0.2, -0.15) is 11.8 Å². The molecule has 0 aromatic heterocycles. The zero-order chi connectivity index (χ0) is 16.2. The number of hydrogen-bond acceptors (Lipinski definition) is 2. The predicted octanol–water partition coefficient (Wildman–Crippen LogP) is 3.16. The summed E-state index contributed by atoms with van der Waals surface area (Å²) >= 11 is 1.83. The number of nitrogens with zero attached hydrogens (tertiary/aromatic N) is 1. The van der Waals surface area contributed by atoms with Crippen LogP contribution in [-0.4, -0.2) is 37.1 Å². The molecule has 22 heavy (non-hydrogen) atoms. The number of rotatable bonds is 6. The molecule has 1 aliphatic carbocycles. The Kier molecular flexibility index (Phi) is 5.37. The Morgan fingerprint density at radius 2 is 2.09 bits per heavy atom. The van der Waals surface area contributed by atoms with Crippen molar-refractivity contribution in [1.82, 2.24) is 10.6 Å². The molecule has 1 saturated carbocycles. The predicted molar refractivity (Wildman–Crippen MR) is 94.3 cm³/mol. The van der Waals surface area contributed by atoms with Gasteiger partial charge in [0.25, 0.3) is 0 Å². The van der Waals surface area contributed by atoms with E-state index in [1.807, 2.05) is 17.8 Å². The molecule has 0 spiro atoms. The van der Waals surface area contributed by atoms with Crippen molar-refractivity contribution in [1.29, 1.82) is 0 Å². The topological polar surface area (TPSA) is 36.4 Å². The molecule has 122 valence electrons. The number of guanidine groups is 1. The van der Waals surface area contributed by atoms with Gasteiger partial charge in [-0.05, 0) is 50.6 Å². The van der Waals surface area contributed by atoms with Crippen LogP contribution >= 0.6 is 11.8 Å². The Bertz CT molecular complexity index is 538. The van der Waals surface area contributed by atoms with E-state index in [-0.39, 0.29) is 16.0 Å². The molecule has 1 aromatic rings. The third kappa shape index (κ3) is 4.38. The third-order valence-corrected chi connectivity index (χ3v) is 5.59. The van der Waals surface area contributed by atoms with Crippen molar-refractivity contribution < 1.29 is 4.39 Å². The average molecular weight is 323 g/mol. The average Bonchev–Trinajstić information content (AvgIpc) is 3.29. The van der Waals surface area contributed by atoms with Gasteiger partial charge in [0, 0.05) is 30.3 Å². The lowest BCUT2D eigenvalue weighted by molar-refractivity contribution is 0.603. The van der Waals surface area contributed by atoms with Crippen LogP contribution < -0.4 is 10.6 Å². The summed E-state index contributed by atoms with van der Waals surface area (Å²) in [5.41, 5.74) is 1.15. The van der Waals surface area contributed by atoms with Crippen LogP contribution in [0.4, 0.5) is 4.39 Å². The monoisotopic (exact) mass is 323 g/mol. The second kappa shape index (κ2) is 6.90. The summed E-state index contributed by atoms with van der Waals surface area (Å²) in [6.45, 7) is 6.04. The van der Waals surface area contributed by atoms with E-state index in [2.05, 4.69) is 35.7 Å². The number of nitrogens with one attached hydrogen (secondary N) is 2. The van der Waals surface area contributed by atoms with Crippen LogP contribution in [0.2, 0.25) is 0 Å². The first-order valence-corrected chi connectivity index (χ1v) is 8.89. The first kappa shape index (κ1) is 17.1. The quantitative estimate of drug-likeness (QED) is 0.624. The SMILES string of the molecule is CN=C(NCC(C)(C)SC)NCC1(c2cccc(F)c2)CC1. The van der Waals surface area contributed by atoms with Crippen molar-refractivity contribution >= 4 is 17.7 Å². The lowest BCUT2D eigenvalue weighted by Crippen LogP contribution is -2.45. The minimum Gasteiger partial charge on any atom is -0.356 e. The fourth-order valence-electron chi connectivity index (χ4n) is 2.38. The molecule has 0 aliphatic heterocycles. The zero-order valence-corrected chi connectivity index (χ0v) is 14.7. The molecule has 1 aliphatic rings. The molecule has 3 nitrogen and oxygen atoms in total. The van der Waals surface area contributed by atoms with Gasteiger partial charge in [0.2, 0.25) is 0 Å². The van der Waals surface area contributed by atoms with Crippen molar-refractivity contribution in [3.8, 4) is 0 Å². The van der Waals surface area contributed by atoms with Crippen LogP contribution in [0.5, 0.6) is 0 Å². The summed E-state index contributed by atoms with van der Waals surface area (Å²) in [6.07, 6.45) is 4.30. The van der Waals surface area contributed by atoms with E-state index < -0.39 is 0 Å². The fourth-order valence-corrected chi connectivity index (χ4v) is 2.60. The van der Waals surface area contributed by atoms with Gasteiger partial charge in [-0.25, -0.2) is 4.39 Å². The maximum atomic E-state index is 13.4. The van der Waals surface area contributed by atoms with E-state index in [0.717, 1.165) is 37.5 Å². The van der Waals surface area contributed by atoms with Gasteiger partial charge in [-0.15, -0.1) is 0 Å².